The molecule has 0 spiro atoms. The van der Waals surface area contributed by atoms with Gasteiger partial charge in [0.1, 0.15) is 10.6 Å². The molecule has 2 N–H and O–H groups in total. The van der Waals surface area contributed by atoms with Gasteiger partial charge in [-0.15, -0.1) is 22.7 Å². The fraction of sp³-hybridized carbons (Fsp3) is 0.353. The van der Waals surface area contributed by atoms with E-state index in [-0.39, 0.29) is 23.4 Å². The first-order chi connectivity index (χ1) is 12.0. The van der Waals surface area contributed by atoms with Crippen LogP contribution < -0.4 is 10.6 Å². The molecule has 1 saturated carbocycles. The lowest BCUT2D eigenvalue weighted by Gasteiger charge is -2.14. The number of rotatable bonds is 6. The predicted molar refractivity (Wildman–Crippen MR) is 98.0 cm³/mol. The van der Waals surface area contributed by atoms with Crippen LogP contribution in [0.3, 0.4) is 0 Å². The summed E-state index contributed by atoms with van der Waals surface area (Å²) in [6.07, 6.45) is 1.03. The van der Waals surface area contributed by atoms with E-state index in [2.05, 4.69) is 10.6 Å². The largest absolute Gasteiger partial charge is 0.449 e. The van der Waals surface area contributed by atoms with Crippen LogP contribution in [0.4, 0.5) is 5.00 Å². The molecule has 2 aromatic heterocycles. The van der Waals surface area contributed by atoms with Gasteiger partial charge >= 0.3 is 5.97 Å². The first-order valence-corrected chi connectivity index (χ1v) is 9.66. The Bertz CT molecular complexity index is 794. The van der Waals surface area contributed by atoms with Gasteiger partial charge in [0.05, 0.1) is 0 Å². The Morgan fingerprint density at radius 1 is 1.28 bits per heavy atom. The number of carbonyl (C=O) groups excluding carboxylic acids is 3. The molecule has 25 heavy (non-hydrogen) atoms. The summed E-state index contributed by atoms with van der Waals surface area (Å²) in [7, 11) is 0. The Morgan fingerprint density at radius 3 is 2.64 bits per heavy atom. The third kappa shape index (κ3) is 4.26. The van der Waals surface area contributed by atoms with Crippen LogP contribution in [0.2, 0.25) is 0 Å². The minimum atomic E-state index is -0.894. The zero-order chi connectivity index (χ0) is 18.0. The highest BCUT2D eigenvalue weighted by Crippen LogP contribution is 2.38. The lowest BCUT2D eigenvalue weighted by Crippen LogP contribution is -2.37. The van der Waals surface area contributed by atoms with Crippen molar-refractivity contribution in [3.05, 3.63) is 28.5 Å². The lowest BCUT2D eigenvalue weighted by molar-refractivity contribution is -0.129. The van der Waals surface area contributed by atoms with Gasteiger partial charge in [-0.05, 0) is 31.2 Å². The highest BCUT2D eigenvalue weighted by molar-refractivity contribution is 7.17. The highest BCUT2D eigenvalue weighted by Gasteiger charge is 2.29. The van der Waals surface area contributed by atoms with Gasteiger partial charge in [0.2, 0.25) is 5.91 Å². The number of esters is 1. The molecule has 0 saturated heterocycles. The summed E-state index contributed by atoms with van der Waals surface area (Å²) >= 11 is 2.75. The van der Waals surface area contributed by atoms with Crippen LogP contribution in [0.5, 0.6) is 0 Å². The Hall–Kier alpha value is -2.19. The summed E-state index contributed by atoms with van der Waals surface area (Å²) in [6.45, 7) is 2.93. The van der Waals surface area contributed by atoms with Gasteiger partial charge in [-0.25, -0.2) is 4.79 Å². The summed E-state index contributed by atoms with van der Waals surface area (Å²) in [5.74, 6) is -1.19. The number of thiophene rings is 2. The molecule has 0 unspecified atom stereocenters. The van der Waals surface area contributed by atoms with Crippen molar-refractivity contribution in [1.82, 2.24) is 5.32 Å². The van der Waals surface area contributed by atoms with E-state index < -0.39 is 12.1 Å². The van der Waals surface area contributed by atoms with Crippen molar-refractivity contribution >= 4 is 45.5 Å². The van der Waals surface area contributed by atoms with Crippen LogP contribution in [0.15, 0.2) is 22.9 Å². The molecular formula is C17H18N2O4S2. The van der Waals surface area contributed by atoms with Crippen molar-refractivity contribution in [3.63, 3.8) is 0 Å². The quantitative estimate of drug-likeness (QED) is 0.756. The van der Waals surface area contributed by atoms with Gasteiger partial charge in [0.25, 0.3) is 5.91 Å². The fourth-order valence-corrected chi connectivity index (χ4v) is 4.06. The fourth-order valence-electron chi connectivity index (χ4n) is 2.24. The summed E-state index contributed by atoms with van der Waals surface area (Å²) in [5, 5.41) is 9.62. The molecule has 2 heterocycles. The van der Waals surface area contributed by atoms with Crippen LogP contribution in [0.1, 0.15) is 37.0 Å². The molecule has 132 valence electrons. The molecule has 0 aromatic carbocycles. The van der Waals surface area contributed by atoms with Crippen LogP contribution in [-0.4, -0.2) is 29.9 Å². The van der Waals surface area contributed by atoms with E-state index >= 15 is 0 Å². The Balaban J connectivity index is 1.82. The second-order valence-electron chi connectivity index (χ2n) is 5.84. The Labute approximate surface area is 153 Å². The summed E-state index contributed by atoms with van der Waals surface area (Å²) < 4.78 is 5.36. The topological polar surface area (TPSA) is 84.5 Å². The van der Waals surface area contributed by atoms with Crippen molar-refractivity contribution in [2.24, 2.45) is 0 Å². The number of hydrogen-bond donors (Lipinski definition) is 2. The van der Waals surface area contributed by atoms with Gasteiger partial charge in [-0.3, -0.25) is 9.59 Å². The third-order valence-electron chi connectivity index (χ3n) is 3.65. The SMILES string of the molecule is CC(=O)Nc1scc(-c2cccs2)c1C(=O)O[C@@H](C)C(=O)NC1CC1. The summed E-state index contributed by atoms with van der Waals surface area (Å²) in [4.78, 5) is 37.0. The lowest BCUT2D eigenvalue weighted by atomic mass is 10.1. The van der Waals surface area contributed by atoms with Gasteiger partial charge in [-0.2, -0.15) is 0 Å². The van der Waals surface area contributed by atoms with E-state index in [0.717, 1.165) is 17.7 Å². The zero-order valence-electron chi connectivity index (χ0n) is 13.8. The van der Waals surface area contributed by atoms with E-state index in [0.29, 0.717) is 10.6 Å². The molecule has 6 nitrogen and oxygen atoms in total. The number of ether oxygens (including phenoxy) is 1. The van der Waals surface area contributed by atoms with Crippen molar-refractivity contribution in [1.29, 1.82) is 0 Å². The number of nitrogens with one attached hydrogen (secondary N) is 2. The molecule has 0 aliphatic heterocycles. The molecule has 2 amide bonds. The van der Waals surface area contributed by atoms with Crippen molar-refractivity contribution in [2.75, 3.05) is 5.32 Å². The van der Waals surface area contributed by atoms with Crippen molar-refractivity contribution in [2.45, 2.75) is 38.8 Å². The average Bonchev–Trinajstić information content (AvgIpc) is 3.04. The van der Waals surface area contributed by atoms with E-state index in [1.54, 1.807) is 6.92 Å². The van der Waals surface area contributed by atoms with Gasteiger partial charge in [0.15, 0.2) is 6.10 Å². The number of amides is 2. The molecular weight excluding hydrogens is 360 g/mol. The predicted octanol–water partition coefficient (Wildman–Crippen LogP) is 3.26. The minimum absolute atomic E-state index is 0.200. The van der Waals surface area contributed by atoms with Crippen molar-refractivity contribution < 1.29 is 19.1 Å². The zero-order valence-corrected chi connectivity index (χ0v) is 15.5. The molecule has 1 fully saturated rings. The maximum atomic E-state index is 12.7. The number of hydrogen-bond acceptors (Lipinski definition) is 6. The second kappa shape index (κ2) is 7.37. The van der Waals surface area contributed by atoms with E-state index in [1.807, 2.05) is 22.9 Å². The highest BCUT2D eigenvalue weighted by atomic mass is 32.1. The Kier molecular flexibility index (Phi) is 5.19. The van der Waals surface area contributed by atoms with E-state index in [9.17, 15) is 14.4 Å². The van der Waals surface area contributed by atoms with Crippen LogP contribution in [0.25, 0.3) is 10.4 Å². The monoisotopic (exact) mass is 378 g/mol. The van der Waals surface area contributed by atoms with Crippen LogP contribution in [-0.2, 0) is 14.3 Å². The molecule has 3 rings (SSSR count). The molecule has 0 bridgehead atoms. The molecule has 1 aliphatic rings. The van der Waals surface area contributed by atoms with Gasteiger partial charge in [-0.1, -0.05) is 6.07 Å². The average molecular weight is 378 g/mol. The molecule has 8 heteroatoms. The Morgan fingerprint density at radius 2 is 2.04 bits per heavy atom. The second-order valence-corrected chi connectivity index (χ2v) is 7.67. The first-order valence-electron chi connectivity index (χ1n) is 7.90. The van der Waals surface area contributed by atoms with Crippen LogP contribution in [0, 0.1) is 0 Å². The number of carbonyl (C=O) groups is 3. The summed E-state index contributed by atoms with van der Waals surface area (Å²) in [6, 6.07) is 3.98. The molecule has 0 radical (unpaired) electrons. The smallest absolute Gasteiger partial charge is 0.342 e. The van der Waals surface area contributed by atoms with E-state index in [4.69, 9.17) is 4.74 Å². The maximum absolute atomic E-state index is 12.7. The molecule has 2 aromatic rings. The number of anilines is 1. The van der Waals surface area contributed by atoms with Gasteiger partial charge in [0, 0.05) is 28.8 Å². The van der Waals surface area contributed by atoms with Crippen LogP contribution >= 0.6 is 22.7 Å². The van der Waals surface area contributed by atoms with E-state index in [1.165, 1.54) is 29.6 Å². The minimum Gasteiger partial charge on any atom is -0.449 e. The van der Waals surface area contributed by atoms with Gasteiger partial charge < -0.3 is 15.4 Å². The van der Waals surface area contributed by atoms with Crippen molar-refractivity contribution in [3.8, 4) is 10.4 Å². The standard InChI is InChI=1S/C17H18N2O4S2/c1-9(15(21)19-11-5-6-11)23-17(22)14-12(13-4-3-7-24-13)8-25-16(14)18-10(2)20/h3-4,7-9,11H,5-6H2,1-2H3,(H,18,20)(H,19,21)/t9-/m0/s1. The normalized spacial score (nSPS) is 14.6. The molecule has 1 aliphatic carbocycles. The third-order valence-corrected chi connectivity index (χ3v) is 5.45. The molecule has 1 atom stereocenters. The summed E-state index contributed by atoms with van der Waals surface area (Å²) in [5.41, 5.74) is 0.984. The maximum Gasteiger partial charge on any atom is 0.342 e. The first kappa shape index (κ1) is 17.6.